The maximum Gasteiger partial charge on any atom is 0.220 e. The second kappa shape index (κ2) is 6.60. The number of H-pyrrole nitrogens is 1. The minimum absolute atomic E-state index is 0.00596. The molecule has 2 heterocycles. The van der Waals surface area contributed by atoms with Crippen LogP contribution in [0.5, 0.6) is 0 Å². The van der Waals surface area contributed by atoms with Crippen molar-refractivity contribution in [2.24, 2.45) is 0 Å². The second-order valence-electron chi connectivity index (χ2n) is 5.65. The Hall–Kier alpha value is -2.69. The fraction of sp³-hybridized carbons (Fsp3) is 0.278. The molecule has 3 aromatic rings. The third kappa shape index (κ3) is 3.56. The summed E-state index contributed by atoms with van der Waals surface area (Å²) in [5.74, 6) is 0.866. The van der Waals surface area contributed by atoms with Gasteiger partial charge in [-0.15, -0.1) is 0 Å². The van der Waals surface area contributed by atoms with Crippen LogP contribution < -0.4 is 5.32 Å². The monoisotopic (exact) mass is 308 g/mol. The number of aromatic nitrogens is 3. The first-order valence-electron chi connectivity index (χ1n) is 7.75. The Bertz CT molecular complexity index is 813. The molecule has 0 saturated carbocycles. The second-order valence-corrected chi connectivity index (χ2v) is 5.65. The van der Waals surface area contributed by atoms with Crippen LogP contribution in [0.3, 0.4) is 0 Å². The van der Waals surface area contributed by atoms with Crippen LogP contribution in [-0.2, 0) is 17.8 Å². The summed E-state index contributed by atoms with van der Waals surface area (Å²) in [6.45, 7) is 4.38. The van der Waals surface area contributed by atoms with Gasteiger partial charge in [-0.25, -0.2) is 4.98 Å². The molecule has 0 aliphatic heterocycles. The van der Waals surface area contributed by atoms with E-state index in [1.54, 1.807) is 6.20 Å². The number of aromatic amines is 1. The standard InChI is InChI=1S/C18H20N4O/c1-12-13(2)22-17(21-12)7-8-18(23)20-11-16-15-6-4-3-5-14(15)9-10-19-16/h3-6,9-10H,7-8,11H2,1-2H3,(H,20,23)(H,21,22). The summed E-state index contributed by atoms with van der Waals surface area (Å²) in [5, 5.41) is 5.15. The lowest BCUT2D eigenvalue weighted by Crippen LogP contribution is -2.23. The molecule has 0 saturated heterocycles. The highest BCUT2D eigenvalue weighted by Gasteiger charge is 2.08. The summed E-state index contributed by atoms with van der Waals surface area (Å²) >= 11 is 0. The molecular formula is C18H20N4O. The Balaban J connectivity index is 1.58. The van der Waals surface area contributed by atoms with Gasteiger partial charge in [0.05, 0.1) is 17.9 Å². The Morgan fingerprint density at radius 1 is 1.22 bits per heavy atom. The zero-order chi connectivity index (χ0) is 16.2. The Kier molecular flexibility index (Phi) is 4.37. The lowest BCUT2D eigenvalue weighted by atomic mass is 10.1. The number of carbonyl (C=O) groups is 1. The Morgan fingerprint density at radius 2 is 2.04 bits per heavy atom. The topological polar surface area (TPSA) is 70.7 Å². The number of fused-ring (bicyclic) bond motifs is 1. The van der Waals surface area contributed by atoms with Crippen LogP contribution >= 0.6 is 0 Å². The summed E-state index contributed by atoms with van der Waals surface area (Å²) in [4.78, 5) is 24.0. The van der Waals surface area contributed by atoms with Crippen LogP contribution in [0.15, 0.2) is 36.5 Å². The molecule has 118 valence electrons. The van der Waals surface area contributed by atoms with E-state index in [2.05, 4.69) is 20.3 Å². The van der Waals surface area contributed by atoms with Crippen molar-refractivity contribution in [2.75, 3.05) is 0 Å². The Labute approximate surface area is 135 Å². The quantitative estimate of drug-likeness (QED) is 0.761. The summed E-state index contributed by atoms with van der Waals surface area (Å²) < 4.78 is 0. The van der Waals surface area contributed by atoms with E-state index in [0.29, 0.717) is 19.4 Å². The van der Waals surface area contributed by atoms with E-state index in [-0.39, 0.29) is 5.91 Å². The van der Waals surface area contributed by atoms with Gasteiger partial charge in [0, 0.05) is 30.1 Å². The number of nitrogens with zero attached hydrogens (tertiary/aromatic N) is 2. The van der Waals surface area contributed by atoms with E-state index in [1.165, 1.54) is 0 Å². The molecule has 1 amide bonds. The summed E-state index contributed by atoms with van der Waals surface area (Å²) in [6, 6.07) is 10.0. The number of aryl methyl sites for hydroxylation is 3. The van der Waals surface area contributed by atoms with Crippen molar-refractivity contribution >= 4 is 16.7 Å². The summed E-state index contributed by atoms with van der Waals surface area (Å²) in [5.41, 5.74) is 2.93. The van der Waals surface area contributed by atoms with E-state index in [0.717, 1.165) is 33.7 Å². The number of imidazole rings is 1. The van der Waals surface area contributed by atoms with Gasteiger partial charge in [-0.2, -0.15) is 0 Å². The van der Waals surface area contributed by atoms with E-state index in [4.69, 9.17) is 0 Å². The number of hydrogen-bond acceptors (Lipinski definition) is 3. The van der Waals surface area contributed by atoms with Crippen LogP contribution in [0.4, 0.5) is 0 Å². The number of carbonyl (C=O) groups excluding carboxylic acids is 1. The fourth-order valence-electron chi connectivity index (χ4n) is 2.57. The molecule has 23 heavy (non-hydrogen) atoms. The number of hydrogen-bond donors (Lipinski definition) is 2. The molecule has 0 fully saturated rings. The minimum atomic E-state index is 0.00596. The molecule has 1 aromatic carbocycles. The average Bonchev–Trinajstić information content (AvgIpc) is 2.89. The van der Waals surface area contributed by atoms with Gasteiger partial charge in [0.2, 0.25) is 5.91 Å². The van der Waals surface area contributed by atoms with Crippen molar-refractivity contribution in [2.45, 2.75) is 33.2 Å². The third-order valence-electron chi connectivity index (χ3n) is 3.98. The molecule has 5 nitrogen and oxygen atoms in total. The number of rotatable bonds is 5. The van der Waals surface area contributed by atoms with Crippen molar-refractivity contribution in [1.29, 1.82) is 0 Å². The predicted molar refractivity (Wildman–Crippen MR) is 90.0 cm³/mol. The number of pyridine rings is 1. The van der Waals surface area contributed by atoms with E-state index >= 15 is 0 Å². The molecule has 0 unspecified atom stereocenters. The first-order chi connectivity index (χ1) is 11.1. The van der Waals surface area contributed by atoms with Crippen LogP contribution in [0.1, 0.15) is 29.3 Å². The normalized spacial score (nSPS) is 10.9. The van der Waals surface area contributed by atoms with Crippen molar-refractivity contribution in [3.63, 3.8) is 0 Å². The highest BCUT2D eigenvalue weighted by Crippen LogP contribution is 2.16. The highest BCUT2D eigenvalue weighted by atomic mass is 16.1. The molecule has 0 spiro atoms. The molecule has 2 N–H and O–H groups in total. The molecule has 5 heteroatoms. The molecule has 0 aliphatic rings. The van der Waals surface area contributed by atoms with E-state index in [9.17, 15) is 4.79 Å². The molecule has 0 aliphatic carbocycles. The van der Waals surface area contributed by atoms with Crippen molar-refractivity contribution in [3.05, 3.63) is 59.4 Å². The number of benzene rings is 1. The highest BCUT2D eigenvalue weighted by molar-refractivity contribution is 5.84. The molecule has 2 aromatic heterocycles. The zero-order valence-corrected chi connectivity index (χ0v) is 13.4. The van der Waals surface area contributed by atoms with Gasteiger partial charge < -0.3 is 10.3 Å². The van der Waals surface area contributed by atoms with Gasteiger partial charge in [-0.1, -0.05) is 24.3 Å². The third-order valence-corrected chi connectivity index (χ3v) is 3.98. The molecule has 0 bridgehead atoms. The van der Waals surface area contributed by atoms with Crippen LogP contribution in [0.2, 0.25) is 0 Å². The molecular weight excluding hydrogens is 288 g/mol. The smallest absolute Gasteiger partial charge is 0.220 e. The lowest BCUT2D eigenvalue weighted by Gasteiger charge is -2.07. The van der Waals surface area contributed by atoms with Gasteiger partial charge in [-0.3, -0.25) is 9.78 Å². The largest absolute Gasteiger partial charge is 0.350 e. The fourth-order valence-corrected chi connectivity index (χ4v) is 2.57. The predicted octanol–water partition coefficient (Wildman–Crippen LogP) is 2.82. The van der Waals surface area contributed by atoms with E-state index in [1.807, 2.05) is 44.2 Å². The van der Waals surface area contributed by atoms with Crippen LogP contribution in [0.25, 0.3) is 10.8 Å². The van der Waals surface area contributed by atoms with Gasteiger partial charge in [-0.05, 0) is 25.3 Å². The van der Waals surface area contributed by atoms with Gasteiger partial charge in [0.1, 0.15) is 5.82 Å². The Morgan fingerprint density at radius 3 is 2.83 bits per heavy atom. The summed E-state index contributed by atoms with van der Waals surface area (Å²) in [7, 11) is 0. The van der Waals surface area contributed by atoms with Crippen molar-refractivity contribution in [3.8, 4) is 0 Å². The number of nitrogens with one attached hydrogen (secondary N) is 2. The number of amides is 1. The SMILES string of the molecule is Cc1nc(CCC(=O)NCc2nccc3ccccc23)[nH]c1C. The van der Waals surface area contributed by atoms with Crippen molar-refractivity contribution in [1.82, 2.24) is 20.3 Å². The molecule has 0 radical (unpaired) electrons. The van der Waals surface area contributed by atoms with Gasteiger partial charge >= 0.3 is 0 Å². The first-order valence-corrected chi connectivity index (χ1v) is 7.75. The van der Waals surface area contributed by atoms with Crippen LogP contribution in [-0.4, -0.2) is 20.9 Å². The molecule has 3 rings (SSSR count). The first kappa shape index (κ1) is 15.2. The lowest BCUT2D eigenvalue weighted by molar-refractivity contribution is -0.121. The van der Waals surface area contributed by atoms with Gasteiger partial charge in [0.15, 0.2) is 0 Å². The average molecular weight is 308 g/mol. The van der Waals surface area contributed by atoms with E-state index < -0.39 is 0 Å². The maximum absolute atomic E-state index is 12.0. The summed E-state index contributed by atoms with van der Waals surface area (Å²) in [6.07, 6.45) is 2.80. The molecule has 0 atom stereocenters. The maximum atomic E-state index is 12.0. The van der Waals surface area contributed by atoms with Gasteiger partial charge in [0.25, 0.3) is 0 Å². The minimum Gasteiger partial charge on any atom is -0.350 e. The van der Waals surface area contributed by atoms with Crippen LogP contribution in [0, 0.1) is 13.8 Å². The zero-order valence-electron chi connectivity index (χ0n) is 13.4. The van der Waals surface area contributed by atoms with Crippen molar-refractivity contribution < 1.29 is 4.79 Å².